The minimum absolute atomic E-state index is 0.233. The van der Waals surface area contributed by atoms with Crippen molar-refractivity contribution in [2.24, 2.45) is 5.84 Å². The lowest BCUT2D eigenvalue weighted by Gasteiger charge is -2.18. The number of methoxy groups -OCH3 is 1. The van der Waals surface area contributed by atoms with Gasteiger partial charge in [-0.05, 0) is 36.2 Å². The van der Waals surface area contributed by atoms with E-state index in [2.05, 4.69) is 15.0 Å². The molecular formula is C12H15ClN4OS. The van der Waals surface area contributed by atoms with Gasteiger partial charge in [-0.3, -0.25) is 5.84 Å². The van der Waals surface area contributed by atoms with E-state index in [0.29, 0.717) is 5.02 Å². The summed E-state index contributed by atoms with van der Waals surface area (Å²) in [7, 11) is 1.62. The Kier molecular flexibility index (Phi) is 4.71. The zero-order valence-corrected chi connectivity index (χ0v) is 12.3. The first kappa shape index (κ1) is 14.2. The van der Waals surface area contributed by atoms with Gasteiger partial charge >= 0.3 is 0 Å². The topological polar surface area (TPSA) is 73.1 Å². The minimum Gasteiger partial charge on any atom is -0.496 e. The van der Waals surface area contributed by atoms with Crippen LogP contribution in [0, 0.1) is 0 Å². The van der Waals surface area contributed by atoms with Gasteiger partial charge in [0, 0.05) is 10.6 Å². The van der Waals surface area contributed by atoms with Crippen LogP contribution in [0.2, 0.25) is 5.02 Å². The lowest BCUT2D eigenvalue weighted by Crippen LogP contribution is -2.29. The summed E-state index contributed by atoms with van der Waals surface area (Å²) in [5.74, 6) is 6.42. The normalized spacial score (nSPS) is 12.4. The molecule has 1 heterocycles. The van der Waals surface area contributed by atoms with Crippen molar-refractivity contribution >= 4 is 23.1 Å². The van der Waals surface area contributed by atoms with Crippen LogP contribution >= 0.6 is 23.1 Å². The molecule has 0 saturated heterocycles. The van der Waals surface area contributed by atoms with Crippen molar-refractivity contribution in [3.8, 4) is 5.75 Å². The van der Waals surface area contributed by atoms with E-state index in [4.69, 9.17) is 22.2 Å². The number of nitrogens with two attached hydrogens (primary N) is 1. The molecule has 2 rings (SSSR count). The van der Waals surface area contributed by atoms with E-state index in [1.807, 2.05) is 19.1 Å². The average Bonchev–Trinajstić information content (AvgIpc) is 2.88. The van der Waals surface area contributed by atoms with Crippen molar-refractivity contribution in [1.29, 1.82) is 0 Å². The molecule has 0 radical (unpaired) electrons. The van der Waals surface area contributed by atoms with Gasteiger partial charge in [0.05, 0.1) is 23.7 Å². The van der Waals surface area contributed by atoms with Gasteiger partial charge < -0.3 is 4.74 Å². The number of nitrogens with zero attached hydrogens (tertiary/aromatic N) is 2. The number of hydrogen-bond donors (Lipinski definition) is 2. The molecule has 2 aromatic rings. The Morgan fingerprint density at radius 3 is 2.95 bits per heavy atom. The van der Waals surface area contributed by atoms with Crippen LogP contribution < -0.4 is 16.0 Å². The second-order valence-corrected chi connectivity index (χ2v) is 5.15. The largest absolute Gasteiger partial charge is 0.496 e. The standard InChI is InChI=1S/C12H15ClN4OS/c1-3-9-12(19-17-16-9)11(15-14)8-6-7(13)4-5-10(8)18-2/h4-6,11,15H,3,14H2,1-2H3. The first-order chi connectivity index (χ1) is 9.21. The van der Waals surface area contributed by atoms with E-state index in [-0.39, 0.29) is 6.04 Å². The Bertz CT molecular complexity index is 560. The van der Waals surface area contributed by atoms with Crippen LogP contribution in [0.1, 0.15) is 29.1 Å². The van der Waals surface area contributed by atoms with Crippen LogP contribution in [0.4, 0.5) is 0 Å². The van der Waals surface area contributed by atoms with Crippen molar-refractivity contribution in [3.05, 3.63) is 39.4 Å². The van der Waals surface area contributed by atoms with Gasteiger partial charge in [0.15, 0.2) is 0 Å². The summed E-state index contributed by atoms with van der Waals surface area (Å²) in [5.41, 5.74) is 4.59. The molecule has 0 spiro atoms. The molecule has 0 aliphatic heterocycles. The fourth-order valence-electron chi connectivity index (χ4n) is 1.92. The second-order valence-electron chi connectivity index (χ2n) is 3.92. The number of nitrogens with one attached hydrogen (secondary N) is 1. The number of aromatic nitrogens is 2. The van der Waals surface area contributed by atoms with Gasteiger partial charge in [-0.25, -0.2) is 5.43 Å². The van der Waals surface area contributed by atoms with Crippen LogP contribution in [0.5, 0.6) is 5.75 Å². The zero-order chi connectivity index (χ0) is 13.8. The summed E-state index contributed by atoms with van der Waals surface area (Å²) in [6.07, 6.45) is 0.799. The average molecular weight is 299 g/mol. The van der Waals surface area contributed by atoms with Crippen LogP contribution in [-0.4, -0.2) is 16.7 Å². The lowest BCUT2D eigenvalue weighted by atomic mass is 10.0. The number of hydrazine groups is 1. The molecule has 0 bridgehead atoms. The maximum atomic E-state index is 6.06. The third-order valence-electron chi connectivity index (χ3n) is 2.85. The van der Waals surface area contributed by atoms with Gasteiger partial charge in [0.25, 0.3) is 0 Å². The van der Waals surface area contributed by atoms with E-state index in [9.17, 15) is 0 Å². The van der Waals surface area contributed by atoms with Crippen molar-refractivity contribution in [3.63, 3.8) is 0 Å². The fourth-order valence-corrected chi connectivity index (χ4v) is 2.92. The molecule has 7 heteroatoms. The van der Waals surface area contributed by atoms with Gasteiger partial charge in [0.2, 0.25) is 0 Å². The van der Waals surface area contributed by atoms with Gasteiger partial charge in [-0.2, -0.15) is 0 Å². The Hall–Kier alpha value is -1.21. The van der Waals surface area contributed by atoms with Gasteiger partial charge in [0.1, 0.15) is 5.75 Å². The first-order valence-corrected chi connectivity index (χ1v) is 6.97. The highest BCUT2D eigenvalue weighted by Gasteiger charge is 2.22. The zero-order valence-electron chi connectivity index (χ0n) is 10.7. The second kappa shape index (κ2) is 6.29. The highest BCUT2D eigenvalue weighted by Crippen LogP contribution is 2.34. The van der Waals surface area contributed by atoms with Crippen molar-refractivity contribution in [1.82, 2.24) is 15.0 Å². The smallest absolute Gasteiger partial charge is 0.124 e. The molecule has 1 unspecified atom stereocenters. The molecule has 0 saturated carbocycles. The molecule has 19 heavy (non-hydrogen) atoms. The maximum absolute atomic E-state index is 6.06. The molecule has 5 nitrogen and oxygen atoms in total. The molecule has 102 valence electrons. The van der Waals surface area contributed by atoms with E-state index in [1.54, 1.807) is 13.2 Å². The Morgan fingerprint density at radius 2 is 2.32 bits per heavy atom. The molecule has 3 N–H and O–H groups in total. The molecular weight excluding hydrogens is 284 g/mol. The molecule has 0 amide bonds. The Balaban J connectivity index is 2.50. The predicted octanol–water partition coefficient (Wildman–Crippen LogP) is 2.32. The highest BCUT2D eigenvalue weighted by molar-refractivity contribution is 7.05. The highest BCUT2D eigenvalue weighted by atomic mass is 35.5. The van der Waals surface area contributed by atoms with E-state index < -0.39 is 0 Å². The summed E-state index contributed by atoms with van der Waals surface area (Å²) in [5, 5.41) is 4.74. The summed E-state index contributed by atoms with van der Waals surface area (Å²) in [6.45, 7) is 2.03. The Labute approximate surface area is 120 Å². The van der Waals surface area contributed by atoms with Crippen LogP contribution in [0.25, 0.3) is 0 Å². The number of benzene rings is 1. The number of hydrogen-bond acceptors (Lipinski definition) is 6. The molecule has 1 aromatic heterocycles. The number of ether oxygens (including phenoxy) is 1. The molecule has 1 aromatic carbocycles. The summed E-state index contributed by atoms with van der Waals surface area (Å²) in [4.78, 5) is 0.977. The van der Waals surface area contributed by atoms with E-state index in [1.165, 1.54) is 11.5 Å². The third-order valence-corrected chi connectivity index (χ3v) is 3.92. The van der Waals surface area contributed by atoms with Crippen LogP contribution in [-0.2, 0) is 6.42 Å². The molecule has 0 fully saturated rings. The predicted molar refractivity (Wildman–Crippen MR) is 76.5 cm³/mol. The van der Waals surface area contributed by atoms with Crippen molar-refractivity contribution in [2.75, 3.05) is 7.11 Å². The SMILES string of the molecule is CCc1nnsc1C(NN)c1cc(Cl)ccc1OC. The van der Waals surface area contributed by atoms with E-state index in [0.717, 1.165) is 28.3 Å². The number of aryl methyl sites for hydroxylation is 1. The van der Waals surface area contributed by atoms with Crippen molar-refractivity contribution < 1.29 is 4.74 Å². The van der Waals surface area contributed by atoms with Gasteiger partial charge in [-0.1, -0.05) is 23.0 Å². The quantitative estimate of drug-likeness (QED) is 0.654. The molecule has 0 aliphatic rings. The van der Waals surface area contributed by atoms with E-state index >= 15 is 0 Å². The van der Waals surface area contributed by atoms with Crippen LogP contribution in [0.3, 0.4) is 0 Å². The minimum atomic E-state index is -0.233. The molecule has 1 atom stereocenters. The summed E-state index contributed by atoms with van der Waals surface area (Å²) in [6, 6.07) is 5.21. The first-order valence-electron chi connectivity index (χ1n) is 5.82. The monoisotopic (exact) mass is 298 g/mol. The number of halogens is 1. The van der Waals surface area contributed by atoms with Crippen LogP contribution in [0.15, 0.2) is 18.2 Å². The van der Waals surface area contributed by atoms with Crippen molar-refractivity contribution in [2.45, 2.75) is 19.4 Å². The molecule has 0 aliphatic carbocycles. The summed E-state index contributed by atoms with van der Waals surface area (Å²) >= 11 is 7.38. The third kappa shape index (κ3) is 2.87. The maximum Gasteiger partial charge on any atom is 0.124 e. The summed E-state index contributed by atoms with van der Waals surface area (Å²) < 4.78 is 9.35. The Morgan fingerprint density at radius 1 is 1.53 bits per heavy atom. The fraction of sp³-hybridized carbons (Fsp3) is 0.333. The lowest BCUT2D eigenvalue weighted by molar-refractivity contribution is 0.404. The van der Waals surface area contributed by atoms with Gasteiger partial charge in [-0.15, -0.1) is 5.10 Å². The number of rotatable bonds is 5.